The number of nitrogens with two attached hydrogens (primary N) is 1. The van der Waals surface area contributed by atoms with Crippen molar-refractivity contribution in [1.29, 1.82) is 0 Å². The van der Waals surface area contributed by atoms with Crippen LogP contribution in [0.1, 0.15) is 32.3 Å². The molecular formula is C15H23BrIN3. The molecule has 3 nitrogen and oxygen atoms in total. The molecule has 5 heteroatoms. The Balaban J connectivity index is 0.00000200. The SMILES string of the molecule is CCN(CC)C(N)=NCC1(c2ccccc2Br)CC1.I. The number of nitrogens with zero attached hydrogens (tertiary/aromatic N) is 2. The second kappa shape index (κ2) is 7.64. The molecule has 0 unspecified atom stereocenters. The third-order valence-corrected chi connectivity index (χ3v) is 4.62. The van der Waals surface area contributed by atoms with Crippen LogP contribution in [0.25, 0.3) is 0 Å². The summed E-state index contributed by atoms with van der Waals surface area (Å²) in [6.45, 7) is 6.82. The summed E-state index contributed by atoms with van der Waals surface area (Å²) in [5.74, 6) is 0.670. The monoisotopic (exact) mass is 451 g/mol. The molecule has 0 radical (unpaired) electrons. The Labute approximate surface area is 147 Å². The van der Waals surface area contributed by atoms with Crippen molar-refractivity contribution in [2.75, 3.05) is 19.6 Å². The molecule has 1 aromatic carbocycles. The maximum Gasteiger partial charge on any atom is 0.191 e. The normalized spacial score (nSPS) is 16.4. The molecule has 0 heterocycles. The third-order valence-electron chi connectivity index (χ3n) is 3.93. The number of hydrogen-bond acceptors (Lipinski definition) is 1. The number of benzene rings is 1. The molecule has 1 aromatic rings. The van der Waals surface area contributed by atoms with Gasteiger partial charge in [-0.1, -0.05) is 34.1 Å². The van der Waals surface area contributed by atoms with Crippen LogP contribution in [0.4, 0.5) is 0 Å². The van der Waals surface area contributed by atoms with Crippen molar-refractivity contribution in [2.24, 2.45) is 10.7 Å². The number of hydrogen-bond donors (Lipinski definition) is 1. The Kier molecular flexibility index (Phi) is 6.78. The van der Waals surface area contributed by atoms with Gasteiger partial charge in [0.25, 0.3) is 0 Å². The first-order chi connectivity index (χ1) is 9.13. The van der Waals surface area contributed by atoms with Gasteiger partial charge in [-0.15, -0.1) is 24.0 Å². The van der Waals surface area contributed by atoms with Crippen LogP contribution in [0.2, 0.25) is 0 Å². The number of guanidine groups is 1. The van der Waals surface area contributed by atoms with Gasteiger partial charge < -0.3 is 10.6 Å². The zero-order valence-electron chi connectivity index (χ0n) is 12.1. The van der Waals surface area contributed by atoms with Gasteiger partial charge in [0.05, 0.1) is 6.54 Å². The molecule has 0 spiro atoms. The van der Waals surface area contributed by atoms with Crippen LogP contribution in [-0.2, 0) is 5.41 Å². The van der Waals surface area contributed by atoms with Crippen molar-refractivity contribution in [3.8, 4) is 0 Å². The topological polar surface area (TPSA) is 41.6 Å². The van der Waals surface area contributed by atoms with E-state index >= 15 is 0 Å². The van der Waals surface area contributed by atoms with E-state index in [2.05, 4.69) is 63.9 Å². The Bertz CT molecular complexity index is 468. The molecule has 1 fully saturated rings. The molecule has 1 aliphatic rings. The summed E-state index contributed by atoms with van der Waals surface area (Å²) in [5, 5.41) is 0. The maximum atomic E-state index is 6.05. The van der Waals surface area contributed by atoms with Gasteiger partial charge in [-0.25, -0.2) is 0 Å². The van der Waals surface area contributed by atoms with E-state index in [4.69, 9.17) is 5.73 Å². The van der Waals surface area contributed by atoms with E-state index in [9.17, 15) is 0 Å². The summed E-state index contributed by atoms with van der Waals surface area (Å²) in [6, 6.07) is 8.45. The zero-order chi connectivity index (χ0) is 13.9. The summed E-state index contributed by atoms with van der Waals surface area (Å²) in [6.07, 6.45) is 2.40. The lowest BCUT2D eigenvalue weighted by atomic mass is 9.96. The fourth-order valence-corrected chi connectivity index (χ4v) is 3.14. The van der Waals surface area contributed by atoms with Crippen molar-refractivity contribution >= 4 is 45.9 Å². The quantitative estimate of drug-likeness (QED) is 0.420. The highest BCUT2D eigenvalue weighted by molar-refractivity contribution is 14.0. The van der Waals surface area contributed by atoms with E-state index in [0.717, 1.165) is 19.6 Å². The van der Waals surface area contributed by atoms with Crippen molar-refractivity contribution in [1.82, 2.24) is 4.90 Å². The molecular weight excluding hydrogens is 429 g/mol. The molecule has 0 saturated heterocycles. The first kappa shape index (κ1) is 17.8. The summed E-state index contributed by atoms with van der Waals surface area (Å²) in [5.41, 5.74) is 7.63. The summed E-state index contributed by atoms with van der Waals surface area (Å²) < 4.78 is 1.18. The molecule has 0 atom stereocenters. The maximum absolute atomic E-state index is 6.05. The molecule has 1 saturated carbocycles. The summed E-state index contributed by atoms with van der Waals surface area (Å²) >= 11 is 3.65. The Hall–Kier alpha value is -0.300. The minimum absolute atomic E-state index is 0. The fourth-order valence-electron chi connectivity index (χ4n) is 2.43. The number of aliphatic imine (C=N–C) groups is 1. The average molecular weight is 452 g/mol. The van der Waals surface area contributed by atoms with Gasteiger partial charge in [0, 0.05) is 23.0 Å². The van der Waals surface area contributed by atoms with Gasteiger partial charge in [-0.3, -0.25) is 4.99 Å². The van der Waals surface area contributed by atoms with Gasteiger partial charge >= 0.3 is 0 Å². The number of halogens is 2. The van der Waals surface area contributed by atoms with Crippen LogP contribution < -0.4 is 5.73 Å². The summed E-state index contributed by atoms with van der Waals surface area (Å²) in [7, 11) is 0. The van der Waals surface area contributed by atoms with Crippen LogP contribution >= 0.6 is 39.9 Å². The van der Waals surface area contributed by atoms with Gasteiger partial charge in [0.15, 0.2) is 5.96 Å². The van der Waals surface area contributed by atoms with Crippen LogP contribution in [0, 0.1) is 0 Å². The molecule has 2 rings (SSSR count). The standard InChI is InChI=1S/C15H22BrN3.HI/c1-3-19(4-2)14(17)18-11-15(9-10-15)12-7-5-6-8-13(12)16;/h5-8H,3-4,9-11H2,1-2H3,(H2,17,18);1H. The highest BCUT2D eigenvalue weighted by Gasteiger charge is 2.45. The van der Waals surface area contributed by atoms with Crippen LogP contribution in [-0.4, -0.2) is 30.5 Å². The van der Waals surface area contributed by atoms with Crippen molar-refractivity contribution in [3.05, 3.63) is 34.3 Å². The van der Waals surface area contributed by atoms with E-state index in [0.29, 0.717) is 5.96 Å². The predicted octanol–water partition coefficient (Wildman–Crippen LogP) is 3.76. The zero-order valence-corrected chi connectivity index (χ0v) is 16.0. The molecule has 0 amide bonds. The smallest absolute Gasteiger partial charge is 0.191 e. The highest BCUT2D eigenvalue weighted by atomic mass is 127. The van der Waals surface area contributed by atoms with E-state index in [1.165, 1.54) is 22.9 Å². The van der Waals surface area contributed by atoms with Gasteiger partial charge in [-0.05, 0) is 38.3 Å². The predicted molar refractivity (Wildman–Crippen MR) is 99.9 cm³/mol. The van der Waals surface area contributed by atoms with Gasteiger partial charge in [0.1, 0.15) is 0 Å². The van der Waals surface area contributed by atoms with Crippen LogP contribution in [0.3, 0.4) is 0 Å². The van der Waals surface area contributed by atoms with Gasteiger partial charge in [-0.2, -0.15) is 0 Å². The average Bonchev–Trinajstić information content (AvgIpc) is 3.19. The van der Waals surface area contributed by atoms with E-state index in [1.807, 2.05) is 0 Å². The van der Waals surface area contributed by atoms with Crippen molar-refractivity contribution in [3.63, 3.8) is 0 Å². The molecule has 0 bridgehead atoms. The first-order valence-corrected chi connectivity index (χ1v) is 7.72. The lowest BCUT2D eigenvalue weighted by molar-refractivity contribution is 0.456. The van der Waals surface area contributed by atoms with Gasteiger partial charge in [0.2, 0.25) is 0 Å². The van der Waals surface area contributed by atoms with Crippen molar-refractivity contribution in [2.45, 2.75) is 32.1 Å². The fraction of sp³-hybridized carbons (Fsp3) is 0.533. The molecule has 20 heavy (non-hydrogen) atoms. The first-order valence-electron chi connectivity index (χ1n) is 6.93. The van der Waals surface area contributed by atoms with E-state index in [1.54, 1.807) is 0 Å². The molecule has 112 valence electrons. The Morgan fingerprint density at radius 1 is 1.30 bits per heavy atom. The minimum atomic E-state index is 0. The molecule has 1 aliphatic carbocycles. The molecule has 0 aliphatic heterocycles. The van der Waals surface area contributed by atoms with E-state index < -0.39 is 0 Å². The molecule has 0 aromatic heterocycles. The van der Waals surface area contributed by atoms with E-state index in [-0.39, 0.29) is 29.4 Å². The largest absolute Gasteiger partial charge is 0.370 e. The third kappa shape index (κ3) is 3.87. The van der Waals surface area contributed by atoms with Crippen LogP contribution in [0.5, 0.6) is 0 Å². The lowest BCUT2D eigenvalue weighted by Crippen LogP contribution is -2.37. The summed E-state index contributed by atoms with van der Waals surface area (Å²) in [4.78, 5) is 6.71. The molecule has 2 N–H and O–H groups in total. The second-order valence-corrected chi connectivity index (χ2v) is 5.96. The lowest BCUT2D eigenvalue weighted by Gasteiger charge is -2.21. The second-order valence-electron chi connectivity index (χ2n) is 5.11. The Morgan fingerprint density at radius 2 is 1.90 bits per heavy atom. The van der Waals surface area contributed by atoms with Crippen LogP contribution in [0.15, 0.2) is 33.7 Å². The van der Waals surface area contributed by atoms with Crippen molar-refractivity contribution < 1.29 is 0 Å². The minimum Gasteiger partial charge on any atom is -0.370 e. The highest BCUT2D eigenvalue weighted by Crippen LogP contribution is 2.50. The Morgan fingerprint density at radius 3 is 2.40 bits per heavy atom. The number of rotatable bonds is 5.